The summed E-state index contributed by atoms with van der Waals surface area (Å²) in [6, 6.07) is 14.4. The molecule has 7 nitrogen and oxygen atoms in total. The van der Waals surface area contributed by atoms with E-state index in [0.29, 0.717) is 22.3 Å². The molecule has 1 aliphatic heterocycles. The monoisotopic (exact) mass is 395 g/mol. The number of para-hydroxylation sites is 2. The Morgan fingerprint density at radius 3 is 2.89 bits per heavy atom. The number of fused-ring (bicyclic) bond motifs is 1. The van der Waals surface area contributed by atoms with E-state index >= 15 is 0 Å². The minimum atomic E-state index is -1.70. The van der Waals surface area contributed by atoms with Gasteiger partial charge in [0.05, 0.1) is 18.5 Å². The Hall–Kier alpha value is -3.39. The van der Waals surface area contributed by atoms with E-state index in [1.807, 2.05) is 29.6 Å². The molecule has 2 heterocycles. The summed E-state index contributed by atoms with van der Waals surface area (Å²) >= 11 is 1.26. The molecular formula is C20H17N3O4S. The first-order chi connectivity index (χ1) is 13.5. The van der Waals surface area contributed by atoms with Gasteiger partial charge in [-0.15, -0.1) is 11.3 Å². The number of nitrogens with one attached hydrogen (secondary N) is 2. The maximum atomic E-state index is 12.8. The molecular weight excluding hydrogens is 378 g/mol. The van der Waals surface area contributed by atoms with Crippen molar-refractivity contribution in [2.24, 2.45) is 0 Å². The van der Waals surface area contributed by atoms with Crippen LogP contribution in [0.2, 0.25) is 0 Å². The van der Waals surface area contributed by atoms with Gasteiger partial charge >= 0.3 is 0 Å². The molecule has 0 bridgehead atoms. The minimum Gasteiger partial charge on any atom is -0.497 e. The maximum Gasteiger partial charge on any atom is 0.280 e. The van der Waals surface area contributed by atoms with Gasteiger partial charge < -0.3 is 14.8 Å². The van der Waals surface area contributed by atoms with E-state index in [9.17, 15) is 9.59 Å². The quantitative estimate of drug-likeness (QED) is 0.660. The van der Waals surface area contributed by atoms with Gasteiger partial charge in [0.15, 0.2) is 5.13 Å². The summed E-state index contributed by atoms with van der Waals surface area (Å²) in [4.78, 5) is 29.7. The topological polar surface area (TPSA) is 89.5 Å². The molecule has 8 heteroatoms. The van der Waals surface area contributed by atoms with E-state index in [-0.39, 0.29) is 0 Å². The molecule has 2 N–H and O–H groups in total. The van der Waals surface area contributed by atoms with Crippen molar-refractivity contribution in [3.8, 4) is 22.8 Å². The van der Waals surface area contributed by atoms with Crippen LogP contribution in [0, 0.1) is 0 Å². The number of rotatable bonds is 4. The van der Waals surface area contributed by atoms with Gasteiger partial charge in [0.1, 0.15) is 11.5 Å². The van der Waals surface area contributed by atoms with Gasteiger partial charge in [0.2, 0.25) is 0 Å². The molecule has 0 radical (unpaired) electrons. The van der Waals surface area contributed by atoms with Crippen LogP contribution in [0.5, 0.6) is 11.5 Å². The molecule has 1 atom stereocenters. The Labute approximate surface area is 165 Å². The normalized spacial score (nSPS) is 17.9. The van der Waals surface area contributed by atoms with Crippen molar-refractivity contribution in [2.45, 2.75) is 12.5 Å². The van der Waals surface area contributed by atoms with Gasteiger partial charge in [-0.2, -0.15) is 0 Å². The lowest BCUT2D eigenvalue weighted by molar-refractivity contribution is -0.143. The van der Waals surface area contributed by atoms with E-state index < -0.39 is 17.4 Å². The standard InChI is InChI=1S/C20H17N3O4S/c1-20(17(24)21-14-8-3-4-9-16(14)27-20)18(25)23-19-22-15(11-28-19)12-6-5-7-13(10-12)26-2/h3-11H,1-2H3,(H,21,24)(H,22,23,25)/t20-/m1/s1. The van der Waals surface area contributed by atoms with Crippen LogP contribution in [0.4, 0.5) is 10.8 Å². The molecule has 0 saturated heterocycles. The highest BCUT2D eigenvalue weighted by Crippen LogP contribution is 2.34. The molecule has 4 rings (SSSR count). The van der Waals surface area contributed by atoms with Crippen LogP contribution in [0.1, 0.15) is 6.92 Å². The summed E-state index contributed by atoms with van der Waals surface area (Å²) in [7, 11) is 1.60. The third-order valence-electron chi connectivity index (χ3n) is 4.41. The molecule has 0 aliphatic carbocycles. The molecule has 28 heavy (non-hydrogen) atoms. The molecule has 2 amide bonds. The highest BCUT2D eigenvalue weighted by Gasteiger charge is 2.47. The molecule has 2 aromatic carbocycles. The summed E-state index contributed by atoms with van der Waals surface area (Å²) in [5, 5.41) is 7.59. The van der Waals surface area contributed by atoms with Gasteiger partial charge in [0, 0.05) is 10.9 Å². The summed E-state index contributed by atoms with van der Waals surface area (Å²) in [6.07, 6.45) is 0. The lowest BCUT2D eigenvalue weighted by Gasteiger charge is -2.32. The lowest BCUT2D eigenvalue weighted by Crippen LogP contribution is -2.56. The zero-order chi connectivity index (χ0) is 19.7. The number of carbonyl (C=O) groups excluding carboxylic acids is 2. The van der Waals surface area contributed by atoms with E-state index in [4.69, 9.17) is 9.47 Å². The van der Waals surface area contributed by atoms with E-state index in [1.54, 1.807) is 31.4 Å². The van der Waals surface area contributed by atoms with Crippen molar-refractivity contribution < 1.29 is 19.1 Å². The number of hydrogen-bond donors (Lipinski definition) is 2. The molecule has 0 saturated carbocycles. The average Bonchev–Trinajstić information content (AvgIpc) is 3.17. The van der Waals surface area contributed by atoms with E-state index in [1.165, 1.54) is 18.3 Å². The largest absolute Gasteiger partial charge is 0.497 e. The van der Waals surface area contributed by atoms with Gasteiger partial charge in [-0.25, -0.2) is 4.98 Å². The van der Waals surface area contributed by atoms with E-state index in [0.717, 1.165) is 11.3 Å². The van der Waals surface area contributed by atoms with Crippen LogP contribution in [-0.2, 0) is 9.59 Å². The Balaban J connectivity index is 1.54. The highest BCUT2D eigenvalue weighted by atomic mass is 32.1. The Bertz CT molecular complexity index is 1060. The first-order valence-corrected chi connectivity index (χ1v) is 9.38. The molecule has 3 aromatic rings. The SMILES string of the molecule is COc1cccc(-c2csc(NC(=O)[C@]3(C)Oc4ccccc4NC3=O)n2)c1. The van der Waals surface area contributed by atoms with Crippen LogP contribution in [0.3, 0.4) is 0 Å². The number of hydrogen-bond acceptors (Lipinski definition) is 6. The van der Waals surface area contributed by atoms with Crippen LogP contribution >= 0.6 is 11.3 Å². The fourth-order valence-electron chi connectivity index (χ4n) is 2.78. The Morgan fingerprint density at radius 2 is 2.07 bits per heavy atom. The van der Waals surface area contributed by atoms with Gasteiger partial charge in [0.25, 0.3) is 17.4 Å². The second-order valence-electron chi connectivity index (χ2n) is 6.31. The predicted molar refractivity (Wildman–Crippen MR) is 107 cm³/mol. The van der Waals surface area contributed by atoms with Crippen molar-refractivity contribution in [3.63, 3.8) is 0 Å². The smallest absolute Gasteiger partial charge is 0.280 e. The first-order valence-electron chi connectivity index (χ1n) is 8.50. The molecule has 0 fully saturated rings. The van der Waals surface area contributed by atoms with Gasteiger partial charge in [-0.05, 0) is 31.2 Å². The number of nitrogens with zero attached hydrogens (tertiary/aromatic N) is 1. The van der Waals surface area contributed by atoms with E-state index in [2.05, 4.69) is 15.6 Å². The number of ether oxygens (including phenoxy) is 2. The van der Waals surface area contributed by atoms with Crippen molar-refractivity contribution in [1.29, 1.82) is 0 Å². The summed E-state index contributed by atoms with van der Waals surface area (Å²) in [5.41, 5.74) is 0.398. The third kappa shape index (κ3) is 3.18. The average molecular weight is 395 g/mol. The predicted octanol–water partition coefficient (Wildman–Crippen LogP) is 3.55. The highest BCUT2D eigenvalue weighted by molar-refractivity contribution is 7.14. The number of aromatic nitrogens is 1. The fourth-order valence-corrected chi connectivity index (χ4v) is 3.49. The fraction of sp³-hybridized carbons (Fsp3) is 0.150. The van der Waals surface area contributed by atoms with Crippen LogP contribution in [0.15, 0.2) is 53.9 Å². The maximum absolute atomic E-state index is 12.8. The number of amides is 2. The summed E-state index contributed by atoms with van der Waals surface area (Å²) < 4.78 is 10.9. The van der Waals surface area contributed by atoms with Crippen LogP contribution in [0.25, 0.3) is 11.3 Å². The van der Waals surface area contributed by atoms with Gasteiger partial charge in [-0.3, -0.25) is 14.9 Å². The number of carbonyl (C=O) groups is 2. The second-order valence-corrected chi connectivity index (χ2v) is 7.17. The summed E-state index contributed by atoms with van der Waals surface area (Å²) in [6.45, 7) is 1.43. The number of thiazole rings is 1. The Morgan fingerprint density at radius 1 is 1.25 bits per heavy atom. The molecule has 0 spiro atoms. The first kappa shape index (κ1) is 18.0. The third-order valence-corrected chi connectivity index (χ3v) is 5.16. The molecule has 1 aliphatic rings. The number of benzene rings is 2. The number of anilines is 2. The second kappa shape index (κ2) is 6.97. The van der Waals surface area contributed by atoms with Crippen molar-refractivity contribution in [2.75, 3.05) is 17.7 Å². The molecule has 1 aromatic heterocycles. The molecule has 0 unspecified atom stereocenters. The zero-order valence-corrected chi connectivity index (χ0v) is 16.0. The van der Waals surface area contributed by atoms with Crippen LogP contribution in [-0.4, -0.2) is 29.5 Å². The van der Waals surface area contributed by atoms with Crippen molar-refractivity contribution in [3.05, 3.63) is 53.9 Å². The zero-order valence-electron chi connectivity index (χ0n) is 15.2. The molecule has 142 valence electrons. The number of methoxy groups -OCH3 is 1. The van der Waals surface area contributed by atoms with Gasteiger partial charge in [-0.1, -0.05) is 24.3 Å². The van der Waals surface area contributed by atoms with Crippen molar-refractivity contribution in [1.82, 2.24) is 4.98 Å². The lowest BCUT2D eigenvalue weighted by atomic mass is 10.0. The Kier molecular flexibility index (Phi) is 4.48. The van der Waals surface area contributed by atoms with Crippen LogP contribution < -0.4 is 20.1 Å². The summed E-state index contributed by atoms with van der Waals surface area (Å²) in [5.74, 6) is 0.0322. The minimum absolute atomic E-state index is 0.374. The van der Waals surface area contributed by atoms with Crippen molar-refractivity contribution >= 4 is 34.0 Å².